The first-order chi connectivity index (χ1) is 10.0. The summed E-state index contributed by atoms with van der Waals surface area (Å²) in [6, 6.07) is 5.23. The Kier molecular flexibility index (Phi) is 5.25. The molecule has 0 unspecified atom stereocenters. The van der Waals surface area contributed by atoms with Gasteiger partial charge in [-0.15, -0.1) is 11.8 Å². The van der Waals surface area contributed by atoms with Crippen LogP contribution in [0.3, 0.4) is 0 Å². The summed E-state index contributed by atoms with van der Waals surface area (Å²) in [5.74, 6) is -0.677. The van der Waals surface area contributed by atoms with Crippen LogP contribution < -0.4 is 5.32 Å². The molecule has 3 amide bonds. The third kappa shape index (κ3) is 3.77. The van der Waals surface area contributed by atoms with Gasteiger partial charge in [0, 0.05) is 30.8 Å². The fourth-order valence-electron chi connectivity index (χ4n) is 2.05. The molecule has 1 N–H and O–H groups in total. The Morgan fingerprint density at radius 1 is 1.33 bits per heavy atom. The molecule has 7 heteroatoms. The van der Waals surface area contributed by atoms with Crippen LogP contribution in [0.4, 0.5) is 0 Å². The van der Waals surface area contributed by atoms with Gasteiger partial charge in [0.1, 0.15) is 0 Å². The van der Waals surface area contributed by atoms with Crippen molar-refractivity contribution in [3.05, 3.63) is 28.8 Å². The van der Waals surface area contributed by atoms with E-state index in [9.17, 15) is 14.4 Å². The number of hydrogen-bond acceptors (Lipinski definition) is 4. The van der Waals surface area contributed by atoms with Crippen LogP contribution >= 0.6 is 23.4 Å². The second-order valence-electron chi connectivity index (χ2n) is 4.54. The molecule has 1 aliphatic heterocycles. The second-order valence-corrected chi connectivity index (χ2v) is 5.83. The van der Waals surface area contributed by atoms with Gasteiger partial charge in [-0.05, 0) is 24.5 Å². The summed E-state index contributed by atoms with van der Waals surface area (Å²) in [6.07, 6.45) is 2.43. The molecule has 112 valence electrons. The lowest BCUT2D eigenvalue weighted by atomic mass is 10.2. The number of carbonyl (C=O) groups is 3. The van der Waals surface area contributed by atoms with Crippen molar-refractivity contribution in [2.75, 3.05) is 19.3 Å². The molecule has 0 aliphatic carbocycles. The van der Waals surface area contributed by atoms with Gasteiger partial charge in [0.25, 0.3) is 5.91 Å². The predicted octanol–water partition coefficient (Wildman–Crippen LogP) is 1.94. The number of hydrogen-bond donors (Lipinski definition) is 1. The fourth-order valence-corrected chi connectivity index (χ4v) is 2.70. The van der Waals surface area contributed by atoms with Crippen LogP contribution in [-0.4, -0.2) is 42.0 Å². The van der Waals surface area contributed by atoms with E-state index < -0.39 is 0 Å². The van der Waals surface area contributed by atoms with Gasteiger partial charge in [-0.1, -0.05) is 11.6 Å². The van der Waals surface area contributed by atoms with Crippen LogP contribution in [0.15, 0.2) is 23.1 Å². The lowest BCUT2D eigenvalue weighted by Crippen LogP contribution is -2.37. The molecule has 1 saturated heterocycles. The first kappa shape index (κ1) is 15.9. The first-order valence-electron chi connectivity index (χ1n) is 6.48. The van der Waals surface area contributed by atoms with Crippen LogP contribution in [0.5, 0.6) is 0 Å². The monoisotopic (exact) mass is 326 g/mol. The summed E-state index contributed by atoms with van der Waals surface area (Å²) in [7, 11) is 0. The Morgan fingerprint density at radius 2 is 2.00 bits per heavy atom. The number of rotatable bonds is 5. The van der Waals surface area contributed by atoms with E-state index >= 15 is 0 Å². The molecule has 1 heterocycles. The summed E-state index contributed by atoms with van der Waals surface area (Å²) >= 11 is 7.53. The highest BCUT2D eigenvalue weighted by atomic mass is 35.5. The number of thioether (sulfide) groups is 1. The van der Waals surface area contributed by atoms with Crippen LogP contribution in [-0.2, 0) is 9.59 Å². The fraction of sp³-hybridized carbons (Fsp3) is 0.357. The number of imide groups is 1. The van der Waals surface area contributed by atoms with E-state index in [2.05, 4.69) is 5.32 Å². The van der Waals surface area contributed by atoms with Gasteiger partial charge in [0.15, 0.2) is 0 Å². The van der Waals surface area contributed by atoms with Gasteiger partial charge in [0.2, 0.25) is 11.8 Å². The zero-order valence-corrected chi connectivity index (χ0v) is 13.1. The molecule has 2 rings (SSSR count). The smallest absolute Gasteiger partial charge is 0.252 e. The van der Waals surface area contributed by atoms with Gasteiger partial charge >= 0.3 is 0 Å². The number of halogens is 1. The number of carbonyl (C=O) groups excluding carboxylic acids is 3. The molecular weight excluding hydrogens is 312 g/mol. The summed E-state index contributed by atoms with van der Waals surface area (Å²) in [6.45, 7) is 0.416. The maximum absolute atomic E-state index is 12.1. The Hall–Kier alpha value is -1.53. The van der Waals surface area contributed by atoms with Crippen molar-refractivity contribution in [2.24, 2.45) is 0 Å². The van der Waals surface area contributed by atoms with E-state index in [0.29, 0.717) is 10.6 Å². The molecule has 1 aromatic carbocycles. The van der Waals surface area contributed by atoms with Gasteiger partial charge in [-0.25, -0.2) is 0 Å². The minimum absolute atomic E-state index is 0.184. The second kappa shape index (κ2) is 6.95. The highest BCUT2D eigenvalue weighted by Gasteiger charge is 2.28. The molecule has 1 fully saturated rings. The standard InChI is InChI=1S/C14H15ClN2O3S/c1-21-9-2-3-11(15)10(8-9)14(20)16-6-7-17-12(18)4-5-13(17)19/h2-3,8H,4-7H2,1H3,(H,16,20). The quantitative estimate of drug-likeness (QED) is 0.663. The van der Waals surface area contributed by atoms with Gasteiger partial charge in [0.05, 0.1) is 10.6 Å². The third-order valence-corrected chi connectivity index (χ3v) is 4.25. The number of likely N-dealkylation sites (tertiary alicyclic amines) is 1. The van der Waals surface area contributed by atoms with Gasteiger partial charge < -0.3 is 5.32 Å². The molecule has 1 aliphatic rings. The number of benzene rings is 1. The Bertz CT molecular complexity index is 576. The largest absolute Gasteiger partial charge is 0.350 e. The van der Waals surface area contributed by atoms with Crippen molar-refractivity contribution in [1.29, 1.82) is 0 Å². The molecule has 1 aromatic rings. The zero-order chi connectivity index (χ0) is 15.4. The molecule has 0 bridgehead atoms. The molecule has 21 heavy (non-hydrogen) atoms. The zero-order valence-electron chi connectivity index (χ0n) is 11.5. The summed E-state index contributed by atoms with van der Waals surface area (Å²) in [5, 5.41) is 3.05. The average Bonchev–Trinajstić information content (AvgIpc) is 2.79. The Morgan fingerprint density at radius 3 is 2.62 bits per heavy atom. The summed E-state index contributed by atoms with van der Waals surface area (Å²) in [4.78, 5) is 37.1. The third-order valence-electron chi connectivity index (χ3n) is 3.19. The average molecular weight is 327 g/mol. The van der Waals surface area contributed by atoms with E-state index in [0.717, 1.165) is 4.90 Å². The maximum Gasteiger partial charge on any atom is 0.252 e. The van der Waals surface area contributed by atoms with Crippen molar-refractivity contribution in [1.82, 2.24) is 10.2 Å². The van der Waals surface area contributed by atoms with Crippen LogP contribution in [0.2, 0.25) is 5.02 Å². The Balaban J connectivity index is 1.93. The molecule has 5 nitrogen and oxygen atoms in total. The molecule has 0 atom stereocenters. The lowest BCUT2D eigenvalue weighted by Gasteiger charge is -2.14. The lowest BCUT2D eigenvalue weighted by molar-refractivity contribution is -0.138. The minimum Gasteiger partial charge on any atom is -0.350 e. The van der Waals surface area contributed by atoms with E-state index in [4.69, 9.17) is 11.6 Å². The van der Waals surface area contributed by atoms with E-state index in [1.165, 1.54) is 16.7 Å². The summed E-state index contributed by atoms with van der Waals surface area (Å²) < 4.78 is 0. The number of nitrogens with one attached hydrogen (secondary N) is 1. The van der Waals surface area contributed by atoms with Gasteiger partial charge in [-0.3, -0.25) is 19.3 Å². The van der Waals surface area contributed by atoms with Crippen LogP contribution in [0, 0.1) is 0 Å². The maximum atomic E-state index is 12.1. The van der Waals surface area contributed by atoms with E-state index in [1.807, 2.05) is 12.3 Å². The van der Waals surface area contributed by atoms with Crippen molar-refractivity contribution >= 4 is 41.1 Å². The van der Waals surface area contributed by atoms with E-state index in [-0.39, 0.29) is 43.7 Å². The molecule has 0 aromatic heterocycles. The highest BCUT2D eigenvalue weighted by molar-refractivity contribution is 7.98. The minimum atomic E-state index is -0.310. The van der Waals surface area contributed by atoms with Crippen LogP contribution in [0.25, 0.3) is 0 Å². The summed E-state index contributed by atoms with van der Waals surface area (Å²) in [5.41, 5.74) is 0.391. The van der Waals surface area contributed by atoms with Crippen molar-refractivity contribution in [3.63, 3.8) is 0 Å². The van der Waals surface area contributed by atoms with Crippen molar-refractivity contribution < 1.29 is 14.4 Å². The topological polar surface area (TPSA) is 66.5 Å². The van der Waals surface area contributed by atoms with Crippen molar-refractivity contribution in [2.45, 2.75) is 17.7 Å². The predicted molar refractivity (Wildman–Crippen MR) is 81.5 cm³/mol. The van der Waals surface area contributed by atoms with Crippen molar-refractivity contribution in [3.8, 4) is 0 Å². The van der Waals surface area contributed by atoms with Gasteiger partial charge in [-0.2, -0.15) is 0 Å². The number of amides is 3. The van der Waals surface area contributed by atoms with E-state index in [1.54, 1.807) is 12.1 Å². The number of nitrogens with zero attached hydrogens (tertiary/aromatic N) is 1. The SMILES string of the molecule is CSc1ccc(Cl)c(C(=O)NCCN2C(=O)CCC2=O)c1. The molecule has 0 radical (unpaired) electrons. The molecular formula is C14H15ClN2O3S. The van der Waals surface area contributed by atoms with Crippen LogP contribution in [0.1, 0.15) is 23.2 Å². The normalized spacial score (nSPS) is 14.7. The Labute approximate surface area is 132 Å². The first-order valence-corrected chi connectivity index (χ1v) is 8.08. The molecule has 0 saturated carbocycles. The highest BCUT2D eigenvalue weighted by Crippen LogP contribution is 2.22. The molecule has 0 spiro atoms.